The molecule has 0 spiro atoms. The summed E-state index contributed by atoms with van der Waals surface area (Å²) in [7, 11) is 0. The van der Waals surface area contributed by atoms with Gasteiger partial charge in [-0.15, -0.1) is 0 Å². The van der Waals surface area contributed by atoms with Crippen LogP contribution in [0.15, 0.2) is 48.7 Å². The summed E-state index contributed by atoms with van der Waals surface area (Å²) in [5, 5.41) is 12.1. The van der Waals surface area contributed by atoms with Gasteiger partial charge in [0, 0.05) is 35.3 Å². The van der Waals surface area contributed by atoms with Crippen LogP contribution in [0.3, 0.4) is 0 Å². The summed E-state index contributed by atoms with van der Waals surface area (Å²) in [6.07, 6.45) is 2.08. The molecule has 4 heteroatoms. The van der Waals surface area contributed by atoms with E-state index >= 15 is 0 Å². The van der Waals surface area contributed by atoms with Gasteiger partial charge in [0.1, 0.15) is 0 Å². The molecule has 106 valence electrons. The fourth-order valence-electron chi connectivity index (χ4n) is 2.70. The predicted molar refractivity (Wildman–Crippen MR) is 84.4 cm³/mol. The van der Waals surface area contributed by atoms with Gasteiger partial charge in [-0.1, -0.05) is 6.07 Å². The molecule has 3 rings (SSSR count). The number of aromatic nitrogens is 1. The first kappa shape index (κ1) is 13.4. The standard InChI is InChI=1S/C17H16N2O2/c1-3-18-9-8-15-11-14(5-7-17(15)18)13-4-6-16(19(20)21)12(2)10-13/h4-11H,3H2,1-2H3. The van der Waals surface area contributed by atoms with Gasteiger partial charge in [-0.3, -0.25) is 10.1 Å². The molecule has 0 aliphatic rings. The van der Waals surface area contributed by atoms with E-state index in [0.717, 1.165) is 17.7 Å². The molecule has 0 saturated carbocycles. The molecule has 1 aromatic heterocycles. The molecule has 4 nitrogen and oxygen atoms in total. The van der Waals surface area contributed by atoms with E-state index in [1.54, 1.807) is 13.0 Å². The van der Waals surface area contributed by atoms with E-state index in [1.807, 2.05) is 12.1 Å². The highest BCUT2D eigenvalue weighted by molar-refractivity contribution is 5.86. The van der Waals surface area contributed by atoms with E-state index in [0.29, 0.717) is 5.56 Å². The van der Waals surface area contributed by atoms with Crippen molar-refractivity contribution in [3.05, 3.63) is 64.3 Å². The summed E-state index contributed by atoms with van der Waals surface area (Å²) in [6, 6.07) is 13.6. The summed E-state index contributed by atoms with van der Waals surface area (Å²) >= 11 is 0. The lowest BCUT2D eigenvalue weighted by atomic mass is 10.0. The van der Waals surface area contributed by atoms with Crippen molar-refractivity contribution >= 4 is 16.6 Å². The van der Waals surface area contributed by atoms with Crippen LogP contribution in [0.25, 0.3) is 22.0 Å². The van der Waals surface area contributed by atoms with Gasteiger partial charge in [0.15, 0.2) is 0 Å². The molecular weight excluding hydrogens is 264 g/mol. The van der Waals surface area contributed by atoms with E-state index in [-0.39, 0.29) is 10.6 Å². The maximum absolute atomic E-state index is 10.9. The average Bonchev–Trinajstić information content (AvgIpc) is 2.88. The second kappa shape index (κ2) is 5.05. The minimum Gasteiger partial charge on any atom is -0.348 e. The molecule has 0 atom stereocenters. The number of hydrogen-bond donors (Lipinski definition) is 0. The van der Waals surface area contributed by atoms with Crippen LogP contribution in [0, 0.1) is 17.0 Å². The molecule has 0 bridgehead atoms. The highest BCUT2D eigenvalue weighted by atomic mass is 16.6. The molecule has 0 amide bonds. The first-order valence-corrected chi connectivity index (χ1v) is 6.94. The normalized spacial score (nSPS) is 11.0. The van der Waals surface area contributed by atoms with Gasteiger partial charge in [0.2, 0.25) is 0 Å². The van der Waals surface area contributed by atoms with Gasteiger partial charge in [0.25, 0.3) is 5.69 Å². The largest absolute Gasteiger partial charge is 0.348 e. The number of hydrogen-bond acceptors (Lipinski definition) is 2. The number of aryl methyl sites for hydroxylation is 2. The number of benzene rings is 2. The zero-order chi connectivity index (χ0) is 15.0. The zero-order valence-electron chi connectivity index (χ0n) is 12.0. The Labute approximate surface area is 122 Å². The molecule has 0 radical (unpaired) electrons. The van der Waals surface area contributed by atoms with Crippen molar-refractivity contribution in [2.45, 2.75) is 20.4 Å². The minimum atomic E-state index is -0.344. The fraction of sp³-hybridized carbons (Fsp3) is 0.176. The van der Waals surface area contributed by atoms with Crippen LogP contribution >= 0.6 is 0 Å². The first-order valence-electron chi connectivity index (χ1n) is 6.94. The number of nitro groups is 1. The molecule has 2 aromatic carbocycles. The van der Waals surface area contributed by atoms with Crippen LogP contribution in [0.1, 0.15) is 12.5 Å². The predicted octanol–water partition coefficient (Wildman–Crippen LogP) is 4.54. The summed E-state index contributed by atoms with van der Waals surface area (Å²) < 4.78 is 2.19. The van der Waals surface area contributed by atoms with Gasteiger partial charge in [-0.05, 0) is 55.3 Å². The topological polar surface area (TPSA) is 48.1 Å². The van der Waals surface area contributed by atoms with Crippen molar-refractivity contribution in [3.63, 3.8) is 0 Å². The quantitative estimate of drug-likeness (QED) is 0.522. The van der Waals surface area contributed by atoms with Crippen LogP contribution < -0.4 is 0 Å². The molecule has 3 aromatic rings. The third kappa shape index (κ3) is 2.29. The highest BCUT2D eigenvalue weighted by Gasteiger charge is 2.11. The third-order valence-electron chi connectivity index (χ3n) is 3.84. The highest BCUT2D eigenvalue weighted by Crippen LogP contribution is 2.28. The molecule has 0 aliphatic carbocycles. The molecule has 0 aliphatic heterocycles. The molecule has 0 saturated heterocycles. The van der Waals surface area contributed by atoms with E-state index < -0.39 is 0 Å². The van der Waals surface area contributed by atoms with Crippen molar-refractivity contribution in [3.8, 4) is 11.1 Å². The van der Waals surface area contributed by atoms with Crippen molar-refractivity contribution in [1.29, 1.82) is 0 Å². The van der Waals surface area contributed by atoms with Crippen molar-refractivity contribution in [2.24, 2.45) is 0 Å². The minimum absolute atomic E-state index is 0.164. The number of rotatable bonds is 3. The van der Waals surface area contributed by atoms with E-state index in [4.69, 9.17) is 0 Å². The van der Waals surface area contributed by atoms with Crippen LogP contribution in [0.5, 0.6) is 0 Å². The molecule has 0 fully saturated rings. The molecule has 21 heavy (non-hydrogen) atoms. The zero-order valence-corrected chi connectivity index (χ0v) is 12.0. The van der Waals surface area contributed by atoms with Crippen LogP contribution in [-0.2, 0) is 6.54 Å². The smallest absolute Gasteiger partial charge is 0.272 e. The fourth-order valence-corrected chi connectivity index (χ4v) is 2.70. The van der Waals surface area contributed by atoms with Crippen molar-refractivity contribution in [1.82, 2.24) is 4.57 Å². The Bertz CT molecular complexity index is 834. The Hall–Kier alpha value is -2.62. The molecule has 0 N–H and O–H groups in total. The van der Waals surface area contributed by atoms with Crippen molar-refractivity contribution < 1.29 is 4.92 Å². The Morgan fingerprint density at radius 2 is 1.81 bits per heavy atom. The Kier molecular flexibility index (Phi) is 3.22. The Balaban J connectivity index is 2.08. The number of nitrogens with zero attached hydrogens (tertiary/aromatic N) is 2. The van der Waals surface area contributed by atoms with Crippen LogP contribution in [0.4, 0.5) is 5.69 Å². The third-order valence-corrected chi connectivity index (χ3v) is 3.84. The lowest BCUT2D eigenvalue weighted by molar-refractivity contribution is -0.385. The maximum Gasteiger partial charge on any atom is 0.272 e. The second-order valence-corrected chi connectivity index (χ2v) is 5.13. The van der Waals surface area contributed by atoms with Crippen LogP contribution in [-0.4, -0.2) is 9.49 Å². The molecule has 1 heterocycles. The van der Waals surface area contributed by atoms with Gasteiger partial charge >= 0.3 is 0 Å². The summed E-state index contributed by atoms with van der Waals surface area (Å²) in [5.41, 5.74) is 4.14. The second-order valence-electron chi connectivity index (χ2n) is 5.13. The van der Waals surface area contributed by atoms with Gasteiger partial charge in [-0.25, -0.2) is 0 Å². The number of fused-ring (bicyclic) bond motifs is 1. The lowest BCUT2D eigenvalue weighted by Crippen LogP contribution is -1.92. The Morgan fingerprint density at radius 1 is 1.10 bits per heavy atom. The summed E-state index contributed by atoms with van der Waals surface area (Å²) in [4.78, 5) is 10.5. The Morgan fingerprint density at radius 3 is 2.48 bits per heavy atom. The first-order chi connectivity index (χ1) is 10.1. The molecule has 0 unspecified atom stereocenters. The van der Waals surface area contributed by atoms with Gasteiger partial charge in [-0.2, -0.15) is 0 Å². The van der Waals surface area contributed by atoms with E-state index in [1.165, 1.54) is 10.9 Å². The number of nitro benzene ring substituents is 1. The van der Waals surface area contributed by atoms with E-state index in [9.17, 15) is 10.1 Å². The van der Waals surface area contributed by atoms with Crippen molar-refractivity contribution in [2.75, 3.05) is 0 Å². The summed E-state index contributed by atoms with van der Waals surface area (Å²) in [6.45, 7) is 4.83. The maximum atomic E-state index is 10.9. The monoisotopic (exact) mass is 280 g/mol. The molecular formula is C17H16N2O2. The average molecular weight is 280 g/mol. The van der Waals surface area contributed by atoms with Gasteiger partial charge < -0.3 is 4.57 Å². The lowest BCUT2D eigenvalue weighted by Gasteiger charge is -2.06. The van der Waals surface area contributed by atoms with Gasteiger partial charge in [0.05, 0.1) is 4.92 Å². The van der Waals surface area contributed by atoms with E-state index in [2.05, 4.69) is 42.0 Å². The van der Waals surface area contributed by atoms with Crippen LogP contribution in [0.2, 0.25) is 0 Å². The summed E-state index contributed by atoms with van der Waals surface area (Å²) in [5.74, 6) is 0. The SMILES string of the molecule is CCn1ccc2cc(-c3ccc([N+](=O)[O-])c(C)c3)ccc21.